The molecule has 0 bridgehead atoms. The summed E-state index contributed by atoms with van der Waals surface area (Å²) in [5, 5.41) is 3.75. The maximum absolute atomic E-state index is 14.1. The van der Waals surface area contributed by atoms with Crippen molar-refractivity contribution >= 4 is 62.3 Å². The number of rotatable bonds is 10. The second kappa shape index (κ2) is 13.3. The Kier molecular flexibility index (Phi) is 10.5. The van der Waals surface area contributed by atoms with Crippen molar-refractivity contribution in [2.75, 3.05) is 10.8 Å². The van der Waals surface area contributed by atoms with Gasteiger partial charge in [-0.25, -0.2) is 8.42 Å². The van der Waals surface area contributed by atoms with Crippen molar-refractivity contribution in [3.05, 3.63) is 93.4 Å². The van der Waals surface area contributed by atoms with E-state index in [1.54, 1.807) is 49.4 Å². The molecule has 0 aliphatic heterocycles. The largest absolute Gasteiger partial charge is 0.350 e. The fourth-order valence-electron chi connectivity index (χ4n) is 4.11. The van der Waals surface area contributed by atoms with E-state index in [9.17, 15) is 18.0 Å². The van der Waals surface area contributed by atoms with Crippen LogP contribution in [0.2, 0.25) is 15.1 Å². The quantitative estimate of drug-likeness (QED) is 0.277. The molecule has 1 N–H and O–H groups in total. The maximum atomic E-state index is 14.1. The molecule has 0 aromatic heterocycles. The number of anilines is 1. The zero-order valence-corrected chi connectivity index (χ0v) is 25.8. The second-order valence-corrected chi connectivity index (χ2v) is 13.4. The zero-order valence-electron chi connectivity index (χ0n) is 22.7. The third-order valence-corrected chi connectivity index (χ3v) is 8.52. The molecule has 0 fully saturated rings. The van der Waals surface area contributed by atoms with Crippen molar-refractivity contribution in [3.8, 4) is 0 Å². The Balaban J connectivity index is 2.11. The fourth-order valence-corrected chi connectivity index (χ4v) is 6.24. The third-order valence-electron chi connectivity index (χ3n) is 5.93. The molecule has 0 aliphatic carbocycles. The van der Waals surface area contributed by atoms with Crippen LogP contribution in [0.3, 0.4) is 0 Å². The van der Waals surface area contributed by atoms with Gasteiger partial charge in [-0.3, -0.25) is 13.9 Å². The van der Waals surface area contributed by atoms with Crippen LogP contribution in [0.15, 0.2) is 77.7 Å². The second-order valence-electron chi connectivity index (χ2n) is 10.2. The van der Waals surface area contributed by atoms with Gasteiger partial charge in [0.1, 0.15) is 12.6 Å². The van der Waals surface area contributed by atoms with Crippen molar-refractivity contribution < 1.29 is 18.0 Å². The van der Waals surface area contributed by atoms with Crippen LogP contribution in [-0.2, 0) is 26.2 Å². The van der Waals surface area contributed by atoms with Gasteiger partial charge in [0.2, 0.25) is 11.8 Å². The number of amides is 2. The molecule has 0 heterocycles. The van der Waals surface area contributed by atoms with Gasteiger partial charge in [-0.05, 0) is 69.2 Å². The number of hydrogen-bond acceptors (Lipinski definition) is 4. The number of hydrogen-bond donors (Lipinski definition) is 1. The molecule has 2 amide bonds. The molecule has 7 nitrogen and oxygen atoms in total. The van der Waals surface area contributed by atoms with Gasteiger partial charge in [-0.2, -0.15) is 0 Å². The van der Waals surface area contributed by atoms with E-state index < -0.39 is 34.1 Å². The van der Waals surface area contributed by atoms with Crippen molar-refractivity contribution in [1.82, 2.24) is 10.2 Å². The van der Waals surface area contributed by atoms with Crippen LogP contribution >= 0.6 is 34.8 Å². The lowest BCUT2D eigenvalue weighted by Crippen LogP contribution is -2.55. The van der Waals surface area contributed by atoms with Crippen LogP contribution < -0.4 is 9.62 Å². The predicted molar refractivity (Wildman–Crippen MR) is 161 cm³/mol. The average molecular weight is 625 g/mol. The van der Waals surface area contributed by atoms with E-state index in [0.717, 1.165) is 4.31 Å². The Hall–Kier alpha value is -2.78. The van der Waals surface area contributed by atoms with Gasteiger partial charge in [0.05, 0.1) is 10.6 Å². The summed E-state index contributed by atoms with van der Waals surface area (Å²) >= 11 is 18.9. The van der Waals surface area contributed by atoms with Gasteiger partial charge < -0.3 is 10.2 Å². The summed E-state index contributed by atoms with van der Waals surface area (Å²) in [5.74, 6) is -0.967. The molecule has 0 saturated heterocycles. The van der Waals surface area contributed by atoms with Crippen LogP contribution in [0.5, 0.6) is 0 Å². The van der Waals surface area contributed by atoms with Gasteiger partial charge >= 0.3 is 0 Å². The highest BCUT2D eigenvalue weighted by Gasteiger charge is 2.35. The van der Waals surface area contributed by atoms with E-state index >= 15 is 0 Å². The normalized spacial score (nSPS) is 12.5. The van der Waals surface area contributed by atoms with E-state index in [0.29, 0.717) is 10.6 Å². The third kappa shape index (κ3) is 8.13. The average Bonchev–Trinajstić information content (AvgIpc) is 2.87. The minimum Gasteiger partial charge on any atom is -0.350 e. The minimum absolute atomic E-state index is 0.00982. The van der Waals surface area contributed by atoms with Crippen LogP contribution in [0.25, 0.3) is 0 Å². The molecule has 1 unspecified atom stereocenters. The van der Waals surface area contributed by atoms with Crippen LogP contribution in [0, 0.1) is 0 Å². The molecule has 0 spiro atoms. The van der Waals surface area contributed by atoms with Crippen molar-refractivity contribution in [2.45, 2.75) is 57.1 Å². The van der Waals surface area contributed by atoms with Crippen molar-refractivity contribution in [2.24, 2.45) is 0 Å². The molecule has 40 heavy (non-hydrogen) atoms. The Morgan fingerprint density at radius 1 is 0.900 bits per heavy atom. The van der Waals surface area contributed by atoms with Crippen molar-refractivity contribution in [3.63, 3.8) is 0 Å². The Morgan fingerprint density at radius 3 is 2.02 bits per heavy atom. The monoisotopic (exact) mass is 623 g/mol. The predicted octanol–water partition coefficient (Wildman–Crippen LogP) is 6.56. The number of carbonyl (C=O) groups excluding carboxylic acids is 2. The lowest BCUT2D eigenvalue weighted by Gasteiger charge is -2.35. The highest BCUT2D eigenvalue weighted by atomic mass is 35.5. The topological polar surface area (TPSA) is 86.8 Å². The molecule has 0 radical (unpaired) electrons. The molecular weight excluding hydrogens is 593 g/mol. The zero-order chi connectivity index (χ0) is 29.7. The van der Waals surface area contributed by atoms with Gasteiger partial charge in [0.15, 0.2) is 0 Å². The Labute approximate surface area is 251 Å². The van der Waals surface area contributed by atoms with Gasteiger partial charge in [0, 0.05) is 27.2 Å². The summed E-state index contributed by atoms with van der Waals surface area (Å²) in [6.45, 7) is 6.69. The van der Waals surface area contributed by atoms with Gasteiger partial charge in [-0.15, -0.1) is 0 Å². The molecule has 3 aromatic carbocycles. The maximum Gasteiger partial charge on any atom is 0.264 e. The van der Waals surface area contributed by atoms with Gasteiger partial charge in [-0.1, -0.05) is 78.1 Å². The Bertz CT molecular complexity index is 1440. The summed E-state index contributed by atoms with van der Waals surface area (Å²) in [6.07, 6.45) is 0.284. The van der Waals surface area contributed by atoms with Crippen LogP contribution in [0.4, 0.5) is 5.69 Å². The van der Waals surface area contributed by atoms with E-state index in [-0.39, 0.29) is 39.5 Å². The van der Waals surface area contributed by atoms with E-state index in [1.807, 2.05) is 20.8 Å². The summed E-state index contributed by atoms with van der Waals surface area (Å²) < 4.78 is 28.7. The molecule has 214 valence electrons. The fraction of sp³-hybridized carbons (Fsp3) is 0.310. The standard InChI is InChI=1S/C29H32Cl3N3O4S/c1-5-26(28(37)33-29(2,3)4)34(18-20-11-9-10-14-25(20)32)27(36)19-35(23-16-21(30)15-22(31)17-23)40(38,39)24-12-7-6-8-13-24/h6-17,26H,5,18-19H2,1-4H3,(H,33,37). The first-order valence-corrected chi connectivity index (χ1v) is 15.2. The number of nitrogens with one attached hydrogen (secondary N) is 1. The van der Waals surface area contributed by atoms with E-state index in [4.69, 9.17) is 34.8 Å². The first kappa shape index (κ1) is 31.7. The molecule has 0 saturated carbocycles. The SMILES string of the molecule is CCC(C(=O)NC(C)(C)C)N(Cc1ccccc1Cl)C(=O)CN(c1cc(Cl)cc(Cl)c1)S(=O)(=O)c1ccccc1. The molecule has 11 heteroatoms. The van der Waals surface area contributed by atoms with Crippen LogP contribution in [0.1, 0.15) is 39.7 Å². The molecule has 3 aromatic rings. The number of benzene rings is 3. The van der Waals surface area contributed by atoms with Crippen molar-refractivity contribution in [1.29, 1.82) is 0 Å². The Morgan fingerprint density at radius 2 is 1.48 bits per heavy atom. The van der Waals surface area contributed by atoms with Crippen LogP contribution in [-0.4, -0.2) is 43.3 Å². The highest BCUT2D eigenvalue weighted by molar-refractivity contribution is 7.92. The van der Waals surface area contributed by atoms with E-state index in [1.165, 1.54) is 35.2 Å². The number of carbonyl (C=O) groups is 2. The first-order valence-electron chi connectivity index (χ1n) is 12.6. The summed E-state index contributed by atoms with van der Waals surface area (Å²) in [4.78, 5) is 28.8. The first-order chi connectivity index (χ1) is 18.7. The van der Waals surface area contributed by atoms with Gasteiger partial charge in [0.25, 0.3) is 10.0 Å². The lowest BCUT2D eigenvalue weighted by atomic mass is 10.1. The summed E-state index contributed by atoms with van der Waals surface area (Å²) in [5.41, 5.74) is 0.173. The number of nitrogens with zero attached hydrogens (tertiary/aromatic N) is 2. The summed E-state index contributed by atoms with van der Waals surface area (Å²) in [7, 11) is -4.24. The highest BCUT2D eigenvalue weighted by Crippen LogP contribution is 2.30. The van der Waals surface area contributed by atoms with E-state index in [2.05, 4.69) is 5.32 Å². The molecular formula is C29H32Cl3N3O4S. The summed E-state index contributed by atoms with van der Waals surface area (Å²) in [6, 6.07) is 18.1. The number of halogens is 3. The smallest absolute Gasteiger partial charge is 0.264 e. The molecule has 1 atom stereocenters. The molecule has 0 aliphatic rings. The minimum atomic E-state index is -4.24. The number of sulfonamides is 1. The molecule has 3 rings (SSSR count). The lowest BCUT2D eigenvalue weighted by molar-refractivity contribution is -0.141.